The highest BCUT2D eigenvalue weighted by atomic mass is 16.5. The van der Waals surface area contributed by atoms with Crippen LogP contribution >= 0.6 is 0 Å². The first-order valence-corrected chi connectivity index (χ1v) is 10.6. The predicted molar refractivity (Wildman–Crippen MR) is 114 cm³/mol. The van der Waals surface area contributed by atoms with E-state index in [9.17, 15) is 4.79 Å². The third kappa shape index (κ3) is 2.98. The summed E-state index contributed by atoms with van der Waals surface area (Å²) in [6.07, 6.45) is 5.76. The monoisotopic (exact) mass is 428 g/mol. The second-order valence-corrected chi connectivity index (χ2v) is 7.95. The highest BCUT2D eigenvalue weighted by molar-refractivity contribution is 5.99. The predicted octanol–water partition coefficient (Wildman–Crippen LogP) is 3.85. The smallest absolute Gasteiger partial charge is 0.228 e. The summed E-state index contributed by atoms with van der Waals surface area (Å²) in [6.45, 7) is 0. The summed E-state index contributed by atoms with van der Waals surface area (Å²) < 4.78 is 18.7. The fourth-order valence-corrected chi connectivity index (χ4v) is 4.50. The van der Waals surface area contributed by atoms with Crippen molar-refractivity contribution in [3.05, 3.63) is 83.0 Å². The summed E-state index contributed by atoms with van der Waals surface area (Å²) in [5.74, 6) is 2.93. The van der Waals surface area contributed by atoms with Crippen molar-refractivity contribution in [2.75, 3.05) is 7.11 Å². The van der Waals surface area contributed by atoms with Gasteiger partial charge in [-0.05, 0) is 36.2 Å². The van der Waals surface area contributed by atoms with Crippen LogP contribution in [0.3, 0.4) is 0 Å². The van der Waals surface area contributed by atoms with E-state index in [4.69, 9.17) is 18.9 Å². The fourth-order valence-electron chi connectivity index (χ4n) is 4.50. The molecule has 3 aromatic heterocycles. The normalized spacial score (nSPS) is 17.8. The molecule has 1 aliphatic heterocycles. The van der Waals surface area contributed by atoms with Crippen LogP contribution in [0, 0.1) is 0 Å². The highest BCUT2D eigenvalue weighted by Gasteiger charge is 2.40. The molecule has 6 rings (SSSR count). The van der Waals surface area contributed by atoms with Crippen molar-refractivity contribution < 1.29 is 18.7 Å². The minimum absolute atomic E-state index is 0.0817. The average Bonchev–Trinajstić information content (AvgIpc) is 3.48. The van der Waals surface area contributed by atoms with Gasteiger partial charge in [0.1, 0.15) is 23.6 Å². The lowest BCUT2D eigenvalue weighted by Gasteiger charge is -2.30. The van der Waals surface area contributed by atoms with Crippen LogP contribution in [0.4, 0.5) is 0 Å². The molecule has 2 aliphatic rings. The third-order valence-electron chi connectivity index (χ3n) is 5.99. The van der Waals surface area contributed by atoms with Gasteiger partial charge in [-0.25, -0.2) is 14.5 Å². The van der Waals surface area contributed by atoms with Gasteiger partial charge in [0.15, 0.2) is 17.3 Å². The maximum Gasteiger partial charge on any atom is 0.228 e. The van der Waals surface area contributed by atoms with Gasteiger partial charge in [-0.3, -0.25) is 4.79 Å². The zero-order valence-electron chi connectivity index (χ0n) is 17.4. The van der Waals surface area contributed by atoms with E-state index in [0.717, 1.165) is 17.7 Å². The molecule has 0 unspecified atom stereocenters. The van der Waals surface area contributed by atoms with E-state index >= 15 is 0 Å². The first-order valence-electron chi connectivity index (χ1n) is 10.6. The number of carbonyl (C=O) groups excluding carboxylic acids is 1. The number of methoxy groups -OCH3 is 1. The quantitative estimate of drug-likeness (QED) is 0.488. The number of ketones is 1. The number of rotatable bonds is 4. The third-order valence-corrected chi connectivity index (χ3v) is 5.99. The van der Waals surface area contributed by atoms with Crippen molar-refractivity contribution in [2.45, 2.75) is 31.6 Å². The molecule has 0 radical (unpaired) electrons. The van der Waals surface area contributed by atoms with Crippen LogP contribution in [0.25, 0.3) is 5.65 Å². The number of aromatic nitrogens is 4. The molecule has 8 nitrogen and oxygen atoms in total. The summed E-state index contributed by atoms with van der Waals surface area (Å²) in [5.41, 5.74) is 3.04. The van der Waals surface area contributed by atoms with E-state index in [1.165, 1.54) is 0 Å². The van der Waals surface area contributed by atoms with Crippen molar-refractivity contribution in [1.82, 2.24) is 19.6 Å². The van der Waals surface area contributed by atoms with Crippen LogP contribution in [0.5, 0.6) is 11.6 Å². The van der Waals surface area contributed by atoms with Gasteiger partial charge in [-0.1, -0.05) is 12.1 Å². The molecule has 1 atom stereocenters. The Morgan fingerprint density at radius 2 is 2.06 bits per heavy atom. The van der Waals surface area contributed by atoms with Gasteiger partial charge in [0.05, 0.1) is 24.9 Å². The van der Waals surface area contributed by atoms with Crippen molar-refractivity contribution >= 4 is 11.4 Å². The molecule has 160 valence electrons. The Bertz CT molecular complexity index is 1350. The Labute approximate surface area is 183 Å². The van der Waals surface area contributed by atoms with Gasteiger partial charge in [-0.15, -0.1) is 5.10 Å². The molecule has 8 heteroatoms. The molecule has 1 aromatic carbocycles. The summed E-state index contributed by atoms with van der Waals surface area (Å²) in [6, 6.07) is 11.5. The number of furan rings is 1. The largest absolute Gasteiger partial charge is 0.497 e. The fraction of sp³-hybridized carbons (Fsp3) is 0.250. The molecule has 4 aromatic rings. The summed E-state index contributed by atoms with van der Waals surface area (Å²) in [7, 11) is 1.64. The topological polar surface area (TPSA) is 91.8 Å². The maximum absolute atomic E-state index is 12.9. The maximum atomic E-state index is 12.9. The molecule has 0 fully saturated rings. The molecule has 0 spiro atoms. The number of hydrogen-bond donors (Lipinski definition) is 0. The van der Waals surface area contributed by atoms with Gasteiger partial charge in [0, 0.05) is 24.8 Å². The molecule has 0 saturated heterocycles. The minimum atomic E-state index is -0.411. The lowest BCUT2D eigenvalue weighted by atomic mass is 9.80. The number of nitrogens with zero attached hydrogens (tertiary/aromatic N) is 4. The Kier molecular flexibility index (Phi) is 4.31. The van der Waals surface area contributed by atoms with Gasteiger partial charge in [-0.2, -0.15) is 0 Å². The van der Waals surface area contributed by atoms with Gasteiger partial charge < -0.3 is 13.9 Å². The van der Waals surface area contributed by atoms with E-state index in [1.54, 1.807) is 24.2 Å². The Morgan fingerprint density at radius 3 is 2.84 bits per heavy atom. The van der Waals surface area contributed by atoms with Gasteiger partial charge in [0.25, 0.3) is 0 Å². The van der Waals surface area contributed by atoms with Crippen LogP contribution in [0.1, 0.15) is 47.9 Å². The van der Waals surface area contributed by atoms with Crippen molar-refractivity contribution in [2.24, 2.45) is 0 Å². The van der Waals surface area contributed by atoms with Gasteiger partial charge in [0.2, 0.25) is 5.88 Å². The molecular formula is C24H20N4O4. The molecule has 0 saturated carbocycles. The highest BCUT2D eigenvalue weighted by Crippen LogP contribution is 2.47. The number of ether oxygens (including phenoxy) is 2. The van der Waals surface area contributed by atoms with E-state index in [-0.39, 0.29) is 5.78 Å². The first kappa shape index (κ1) is 18.8. The lowest BCUT2D eigenvalue weighted by Crippen LogP contribution is -2.26. The van der Waals surface area contributed by atoms with Crippen LogP contribution in [-0.2, 0) is 11.2 Å². The van der Waals surface area contributed by atoms with Crippen LogP contribution < -0.4 is 9.47 Å². The minimum Gasteiger partial charge on any atom is -0.497 e. The van der Waals surface area contributed by atoms with Crippen LogP contribution in [-0.4, -0.2) is 32.5 Å². The van der Waals surface area contributed by atoms with Crippen molar-refractivity contribution in [1.29, 1.82) is 0 Å². The number of allylic oxidation sites excluding steroid dienone is 2. The first-order chi connectivity index (χ1) is 15.7. The van der Waals surface area contributed by atoms with Crippen LogP contribution in [0.15, 0.2) is 64.7 Å². The second kappa shape index (κ2) is 7.33. The molecule has 4 heterocycles. The van der Waals surface area contributed by atoms with E-state index in [1.807, 2.05) is 36.4 Å². The Morgan fingerprint density at radius 1 is 1.19 bits per heavy atom. The van der Waals surface area contributed by atoms with E-state index in [2.05, 4.69) is 10.1 Å². The summed E-state index contributed by atoms with van der Waals surface area (Å²) in [5, 5.41) is 4.62. The average molecular weight is 428 g/mol. The molecule has 1 aliphatic carbocycles. The van der Waals surface area contributed by atoms with E-state index in [0.29, 0.717) is 59.3 Å². The summed E-state index contributed by atoms with van der Waals surface area (Å²) in [4.78, 5) is 22.2. The number of benzene rings is 1. The second-order valence-electron chi connectivity index (χ2n) is 7.95. The number of Topliss-reactive ketones (excluding diaryl/α,β-unsaturated/α-hetero) is 1. The Hall–Kier alpha value is -3.94. The Balaban J connectivity index is 1.47. The lowest BCUT2D eigenvalue weighted by molar-refractivity contribution is -0.116. The number of hydrogen-bond acceptors (Lipinski definition) is 7. The standard InChI is InChI=1S/C24H20N4O4/c1-30-15-9-7-14(8-10-15)12-19-26-23-22-21(17-6-3-11-31-17)20-16(29)4-2-5-18(20)32-24(22)25-13-28(23)27-19/h3,6-11,13,21H,2,4-5,12H2,1H3/t21-/m0/s1. The molecule has 32 heavy (non-hydrogen) atoms. The molecule has 0 N–H and O–H groups in total. The number of fused-ring (bicyclic) bond motifs is 3. The zero-order valence-corrected chi connectivity index (χ0v) is 17.4. The summed E-state index contributed by atoms with van der Waals surface area (Å²) >= 11 is 0. The number of carbonyl (C=O) groups is 1. The molecule has 0 bridgehead atoms. The zero-order chi connectivity index (χ0) is 21.7. The molecular weight excluding hydrogens is 408 g/mol. The molecule has 0 amide bonds. The van der Waals surface area contributed by atoms with Crippen LogP contribution in [0.2, 0.25) is 0 Å². The van der Waals surface area contributed by atoms with Gasteiger partial charge >= 0.3 is 0 Å². The van der Waals surface area contributed by atoms with Crippen molar-refractivity contribution in [3.63, 3.8) is 0 Å². The van der Waals surface area contributed by atoms with Crippen molar-refractivity contribution in [3.8, 4) is 11.6 Å². The van der Waals surface area contributed by atoms with E-state index < -0.39 is 5.92 Å². The SMILES string of the molecule is COc1ccc(Cc2nc3c4c(ncn3n2)OC2=C(C(=O)CCC2)[C@@H]4c2ccco2)cc1.